The lowest BCUT2D eigenvalue weighted by Gasteiger charge is -2.24. The standard InChI is InChI=1S/C19H18N2O3S/c22-18(23)16-15-12-25-17(14-9-5-2-6-10-14)21(15)19(24)20(16)11-13-7-3-1-4-8-13/h1-10,15-17H,11-12H2,(H,22,23)/t15-,16+,17?/m0/s1. The third kappa shape index (κ3) is 2.76. The smallest absolute Gasteiger partial charge is 0.328 e. The lowest BCUT2D eigenvalue weighted by atomic mass is 10.1. The molecule has 3 atom stereocenters. The van der Waals surface area contributed by atoms with E-state index in [1.807, 2.05) is 60.7 Å². The quantitative estimate of drug-likeness (QED) is 0.916. The average molecular weight is 354 g/mol. The number of urea groups is 1. The Kier molecular flexibility index (Phi) is 4.13. The number of carbonyl (C=O) groups excluding carboxylic acids is 1. The van der Waals surface area contributed by atoms with Crippen LogP contribution in [-0.2, 0) is 11.3 Å². The van der Waals surface area contributed by atoms with Crippen molar-refractivity contribution in [1.29, 1.82) is 0 Å². The van der Waals surface area contributed by atoms with Crippen LogP contribution < -0.4 is 0 Å². The minimum atomic E-state index is -0.939. The molecule has 2 heterocycles. The van der Waals surface area contributed by atoms with Gasteiger partial charge in [-0.15, -0.1) is 11.8 Å². The van der Waals surface area contributed by atoms with E-state index in [9.17, 15) is 14.7 Å². The molecular weight excluding hydrogens is 336 g/mol. The molecular formula is C19H18N2O3S. The number of fused-ring (bicyclic) bond motifs is 1. The van der Waals surface area contributed by atoms with Crippen LogP contribution >= 0.6 is 11.8 Å². The van der Waals surface area contributed by atoms with Gasteiger partial charge in [-0.2, -0.15) is 0 Å². The second-order valence-electron chi connectivity index (χ2n) is 6.25. The van der Waals surface area contributed by atoms with Crippen LogP contribution in [0.3, 0.4) is 0 Å². The molecule has 2 saturated heterocycles. The van der Waals surface area contributed by atoms with Crippen LogP contribution in [0.25, 0.3) is 0 Å². The van der Waals surface area contributed by atoms with Gasteiger partial charge in [-0.05, 0) is 11.1 Å². The lowest BCUT2D eigenvalue weighted by Crippen LogP contribution is -2.43. The first-order valence-corrected chi connectivity index (χ1v) is 9.24. The maximum absolute atomic E-state index is 13.1. The predicted octanol–water partition coefficient (Wildman–Crippen LogP) is 3.19. The molecule has 25 heavy (non-hydrogen) atoms. The molecule has 2 fully saturated rings. The molecule has 0 aromatic heterocycles. The zero-order valence-corrected chi connectivity index (χ0v) is 14.3. The molecule has 1 N–H and O–H groups in total. The number of hydrogen-bond donors (Lipinski definition) is 1. The number of nitrogens with zero attached hydrogens (tertiary/aromatic N) is 2. The normalized spacial score (nSPS) is 25.3. The van der Waals surface area contributed by atoms with Gasteiger partial charge in [-0.3, -0.25) is 0 Å². The summed E-state index contributed by atoms with van der Waals surface area (Å²) in [6, 6.07) is 18.0. The number of carboxylic acid groups (broad SMARTS) is 1. The number of carboxylic acids is 1. The van der Waals surface area contributed by atoms with Crippen molar-refractivity contribution in [2.45, 2.75) is 24.0 Å². The van der Waals surface area contributed by atoms with Crippen molar-refractivity contribution < 1.29 is 14.7 Å². The van der Waals surface area contributed by atoms with Crippen molar-refractivity contribution in [3.8, 4) is 0 Å². The zero-order valence-electron chi connectivity index (χ0n) is 13.5. The van der Waals surface area contributed by atoms with E-state index in [0.717, 1.165) is 11.1 Å². The molecule has 0 spiro atoms. The topological polar surface area (TPSA) is 60.9 Å². The van der Waals surface area contributed by atoms with Gasteiger partial charge in [0.1, 0.15) is 5.37 Å². The van der Waals surface area contributed by atoms with Gasteiger partial charge in [0.05, 0.1) is 6.04 Å². The molecule has 6 heteroatoms. The molecule has 0 aliphatic carbocycles. The minimum absolute atomic E-state index is 0.124. The van der Waals surface area contributed by atoms with E-state index in [1.165, 1.54) is 4.90 Å². The summed E-state index contributed by atoms with van der Waals surface area (Å²) < 4.78 is 0. The molecule has 2 aromatic carbocycles. The van der Waals surface area contributed by atoms with Gasteiger partial charge in [0.15, 0.2) is 6.04 Å². The van der Waals surface area contributed by atoms with Gasteiger partial charge in [0.2, 0.25) is 0 Å². The summed E-state index contributed by atoms with van der Waals surface area (Å²) in [4.78, 5) is 28.2. The summed E-state index contributed by atoms with van der Waals surface area (Å²) in [5, 5.41) is 9.63. The summed E-state index contributed by atoms with van der Waals surface area (Å²) in [5.74, 6) is -0.306. The highest BCUT2D eigenvalue weighted by Crippen LogP contribution is 2.47. The Labute approximate surface area is 150 Å². The van der Waals surface area contributed by atoms with Gasteiger partial charge < -0.3 is 14.9 Å². The molecule has 2 aliphatic heterocycles. The fourth-order valence-electron chi connectivity index (χ4n) is 3.60. The van der Waals surface area contributed by atoms with Gasteiger partial charge in [-0.25, -0.2) is 9.59 Å². The van der Waals surface area contributed by atoms with E-state index in [1.54, 1.807) is 16.7 Å². The number of rotatable bonds is 4. The second kappa shape index (κ2) is 6.44. The number of thioether (sulfide) groups is 1. The Morgan fingerprint density at radius 2 is 1.72 bits per heavy atom. The highest BCUT2D eigenvalue weighted by molar-refractivity contribution is 7.99. The fraction of sp³-hybridized carbons (Fsp3) is 0.263. The van der Waals surface area contributed by atoms with Crippen molar-refractivity contribution in [2.24, 2.45) is 0 Å². The Balaban J connectivity index is 1.66. The first-order valence-electron chi connectivity index (χ1n) is 8.19. The van der Waals surface area contributed by atoms with E-state index in [0.29, 0.717) is 12.3 Å². The van der Waals surface area contributed by atoms with E-state index >= 15 is 0 Å². The molecule has 128 valence electrons. The molecule has 1 unspecified atom stereocenters. The van der Waals surface area contributed by atoms with Gasteiger partial charge >= 0.3 is 12.0 Å². The highest BCUT2D eigenvalue weighted by Gasteiger charge is 2.55. The Bertz CT molecular complexity index is 784. The average Bonchev–Trinajstić information content (AvgIpc) is 3.16. The first kappa shape index (κ1) is 16.0. The first-order chi connectivity index (χ1) is 12.2. The summed E-state index contributed by atoms with van der Waals surface area (Å²) in [7, 11) is 0. The maximum atomic E-state index is 13.1. The van der Waals surface area contributed by atoms with Crippen LogP contribution in [0.2, 0.25) is 0 Å². The van der Waals surface area contributed by atoms with Crippen LogP contribution in [0.5, 0.6) is 0 Å². The van der Waals surface area contributed by atoms with Crippen LogP contribution in [0.15, 0.2) is 60.7 Å². The van der Waals surface area contributed by atoms with Crippen molar-refractivity contribution in [3.63, 3.8) is 0 Å². The molecule has 0 radical (unpaired) electrons. The van der Waals surface area contributed by atoms with Gasteiger partial charge in [0.25, 0.3) is 0 Å². The summed E-state index contributed by atoms with van der Waals surface area (Å²) in [6.07, 6.45) is 0. The minimum Gasteiger partial charge on any atom is -0.480 e. The van der Waals surface area contributed by atoms with Gasteiger partial charge in [0, 0.05) is 12.3 Å². The van der Waals surface area contributed by atoms with Crippen LogP contribution in [0.4, 0.5) is 4.79 Å². The number of aliphatic carboxylic acids is 1. The largest absolute Gasteiger partial charge is 0.480 e. The molecule has 5 nitrogen and oxygen atoms in total. The number of benzene rings is 2. The molecule has 2 aromatic rings. The van der Waals surface area contributed by atoms with Crippen LogP contribution in [-0.4, -0.2) is 44.7 Å². The molecule has 0 bridgehead atoms. The van der Waals surface area contributed by atoms with E-state index in [2.05, 4.69) is 0 Å². The van der Waals surface area contributed by atoms with E-state index in [4.69, 9.17) is 0 Å². The van der Waals surface area contributed by atoms with Crippen molar-refractivity contribution in [2.75, 3.05) is 5.75 Å². The van der Waals surface area contributed by atoms with Gasteiger partial charge in [-0.1, -0.05) is 60.7 Å². The third-order valence-electron chi connectivity index (χ3n) is 4.74. The molecule has 4 rings (SSSR count). The number of carbonyl (C=O) groups is 2. The fourth-order valence-corrected chi connectivity index (χ4v) is 5.08. The monoisotopic (exact) mass is 354 g/mol. The van der Waals surface area contributed by atoms with E-state index in [-0.39, 0.29) is 17.4 Å². The molecule has 2 amide bonds. The number of hydrogen-bond acceptors (Lipinski definition) is 3. The summed E-state index contributed by atoms with van der Waals surface area (Å²) in [6.45, 7) is 0.315. The lowest BCUT2D eigenvalue weighted by molar-refractivity contribution is -0.142. The van der Waals surface area contributed by atoms with Crippen molar-refractivity contribution >= 4 is 23.8 Å². The van der Waals surface area contributed by atoms with Crippen LogP contribution in [0.1, 0.15) is 16.5 Å². The summed E-state index contributed by atoms with van der Waals surface area (Å²) >= 11 is 1.64. The van der Waals surface area contributed by atoms with Crippen LogP contribution in [0, 0.1) is 0 Å². The second-order valence-corrected chi connectivity index (χ2v) is 7.36. The highest BCUT2D eigenvalue weighted by atomic mass is 32.2. The van der Waals surface area contributed by atoms with Crippen molar-refractivity contribution in [1.82, 2.24) is 9.80 Å². The Morgan fingerprint density at radius 1 is 1.08 bits per heavy atom. The summed E-state index contributed by atoms with van der Waals surface area (Å²) in [5.41, 5.74) is 1.97. The zero-order chi connectivity index (χ0) is 17.4. The van der Waals surface area contributed by atoms with Crippen molar-refractivity contribution in [3.05, 3.63) is 71.8 Å². The van der Waals surface area contributed by atoms with E-state index < -0.39 is 12.0 Å². The maximum Gasteiger partial charge on any atom is 0.328 e. The Morgan fingerprint density at radius 3 is 2.36 bits per heavy atom. The SMILES string of the molecule is O=C(O)[C@H]1[C@@H]2CSC(c3ccccc3)N2C(=O)N1Cc1ccccc1. The molecule has 0 saturated carbocycles. The third-order valence-corrected chi connectivity index (χ3v) is 6.08. The molecule has 2 aliphatic rings. The number of amides is 2. The Hall–Kier alpha value is -2.47. The predicted molar refractivity (Wildman–Crippen MR) is 96.1 cm³/mol.